The average molecular weight is 493 g/mol. The number of thioether (sulfide) groups is 1. The summed E-state index contributed by atoms with van der Waals surface area (Å²) in [5.41, 5.74) is 3.05. The topological polar surface area (TPSA) is 58.4 Å². The van der Waals surface area contributed by atoms with Crippen LogP contribution in [0.25, 0.3) is 16.6 Å². The SMILES string of the molecule is CN(Cc1ccc(N(C)C)cc1)C(=O)CSc1nc2ccccc2c(=O)n1-c1ccccc1Cl. The Morgan fingerprint density at radius 1 is 0.971 bits per heavy atom. The zero-order valence-electron chi connectivity index (χ0n) is 19.2. The van der Waals surface area contributed by atoms with Crippen molar-refractivity contribution in [2.75, 3.05) is 31.8 Å². The van der Waals surface area contributed by atoms with Crippen molar-refractivity contribution in [2.45, 2.75) is 11.7 Å². The Labute approximate surface area is 207 Å². The van der Waals surface area contributed by atoms with Gasteiger partial charge in [0, 0.05) is 33.4 Å². The van der Waals surface area contributed by atoms with Crippen LogP contribution in [0.3, 0.4) is 0 Å². The van der Waals surface area contributed by atoms with Gasteiger partial charge in [-0.3, -0.25) is 14.2 Å². The highest BCUT2D eigenvalue weighted by Gasteiger charge is 2.18. The number of anilines is 1. The van der Waals surface area contributed by atoms with E-state index >= 15 is 0 Å². The Kier molecular flexibility index (Phi) is 7.24. The largest absolute Gasteiger partial charge is 0.378 e. The van der Waals surface area contributed by atoms with Crippen molar-refractivity contribution in [3.63, 3.8) is 0 Å². The number of amides is 1. The molecule has 0 unspecified atom stereocenters. The third-order valence-electron chi connectivity index (χ3n) is 5.46. The first-order valence-corrected chi connectivity index (χ1v) is 12.1. The number of fused-ring (bicyclic) bond motifs is 1. The molecule has 4 rings (SSSR count). The van der Waals surface area contributed by atoms with Gasteiger partial charge < -0.3 is 9.80 Å². The highest BCUT2D eigenvalue weighted by Crippen LogP contribution is 2.26. The van der Waals surface area contributed by atoms with Crippen LogP contribution in [0.5, 0.6) is 0 Å². The van der Waals surface area contributed by atoms with Gasteiger partial charge in [-0.05, 0) is 42.0 Å². The lowest BCUT2D eigenvalue weighted by atomic mass is 10.2. The minimum absolute atomic E-state index is 0.0604. The van der Waals surface area contributed by atoms with Crippen LogP contribution in [0.4, 0.5) is 5.69 Å². The van der Waals surface area contributed by atoms with Crippen molar-refractivity contribution in [3.8, 4) is 5.69 Å². The zero-order chi connectivity index (χ0) is 24.2. The summed E-state index contributed by atoms with van der Waals surface area (Å²) in [5.74, 6) is 0.0800. The van der Waals surface area contributed by atoms with E-state index in [9.17, 15) is 9.59 Å². The van der Waals surface area contributed by atoms with Crippen molar-refractivity contribution < 1.29 is 4.79 Å². The third kappa shape index (κ3) is 5.11. The van der Waals surface area contributed by atoms with E-state index in [0.29, 0.717) is 33.3 Å². The number of nitrogens with zero attached hydrogens (tertiary/aromatic N) is 4. The predicted octanol–water partition coefficient (Wildman–Crippen LogP) is 4.86. The minimum Gasteiger partial charge on any atom is -0.378 e. The molecule has 0 fully saturated rings. The van der Waals surface area contributed by atoms with Gasteiger partial charge in [-0.15, -0.1) is 0 Å². The van der Waals surface area contributed by atoms with E-state index in [0.717, 1.165) is 11.3 Å². The number of aromatic nitrogens is 2. The molecule has 0 atom stereocenters. The van der Waals surface area contributed by atoms with Crippen LogP contribution in [0, 0.1) is 0 Å². The lowest BCUT2D eigenvalue weighted by Crippen LogP contribution is -2.28. The Bertz CT molecular complexity index is 1390. The van der Waals surface area contributed by atoms with Crippen molar-refractivity contribution in [1.82, 2.24) is 14.5 Å². The van der Waals surface area contributed by atoms with Crippen molar-refractivity contribution in [1.29, 1.82) is 0 Å². The fraction of sp³-hybridized carbons (Fsp3) is 0.192. The monoisotopic (exact) mass is 492 g/mol. The molecule has 0 aliphatic heterocycles. The molecule has 0 aliphatic rings. The molecular weight excluding hydrogens is 468 g/mol. The van der Waals surface area contributed by atoms with Crippen LogP contribution in [0.2, 0.25) is 5.02 Å². The molecule has 4 aromatic rings. The molecule has 0 bridgehead atoms. The Balaban J connectivity index is 1.58. The Morgan fingerprint density at radius 3 is 2.35 bits per heavy atom. The van der Waals surface area contributed by atoms with Crippen LogP contribution in [0.1, 0.15) is 5.56 Å². The first-order chi connectivity index (χ1) is 16.3. The van der Waals surface area contributed by atoms with Crippen molar-refractivity contribution >= 4 is 45.9 Å². The molecule has 174 valence electrons. The van der Waals surface area contributed by atoms with Crippen LogP contribution in [-0.2, 0) is 11.3 Å². The summed E-state index contributed by atoms with van der Waals surface area (Å²) in [6, 6.07) is 22.4. The molecule has 6 nitrogen and oxygen atoms in total. The van der Waals surface area contributed by atoms with E-state index in [-0.39, 0.29) is 17.2 Å². The van der Waals surface area contributed by atoms with E-state index in [1.165, 1.54) is 16.3 Å². The van der Waals surface area contributed by atoms with Gasteiger partial charge in [0.2, 0.25) is 5.91 Å². The summed E-state index contributed by atoms with van der Waals surface area (Å²) in [4.78, 5) is 34.7. The second-order valence-electron chi connectivity index (χ2n) is 8.10. The molecule has 8 heteroatoms. The first kappa shape index (κ1) is 23.9. The van der Waals surface area contributed by atoms with Crippen molar-refractivity contribution in [3.05, 3.63) is 93.7 Å². The number of para-hydroxylation sites is 2. The average Bonchev–Trinajstić information content (AvgIpc) is 2.83. The lowest BCUT2D eigenvalue weighted by Gasteiger charge is -2.19. The quantitative estimate of drug-likeness (QED) is 0.272. The summed E-state index contributed by atoms with van der Waals surface area (Å²) >= 11 is 7.64. The number of carbonyl (C=O) groups is 1. The molecule has 0 aliphatic carbocycles. The predicted molar refractivity (Wildman–Crippen MR) is 140 cm³/mol. The lowest BCUT2D eigenvalue weighted by molar-refractivity contribution is -0.127. The van der Waals surface area contributed by atoms with Gasteiger partial charge in [0.05, 0.1) is 27.4 Å². The fourth-order valence-corrected chi connectivity index (χ4v) is 4.72. The summed E-state index contributed by atoms with van der Waals surface area (Å²) in [6.45, 7) is 0.496. The molecule has 1 aromatic heterocycles. The second-order valence-corrected chi connectivity index (χ2v) is 9.45. The standard InChI is InChI=1S/C26H25ClN4O2S/c1-29(2)19-14-12-18(13-15-19)16-30(3)24(32)17-34-26-28-22-10-6-4-8-20(22)25(33)31(26)23-11-7-5-9-21(23)27/h4-15H,16-17H2,1-3H3. The molecule has 0 radical (unpaired) electrons. The maximum atomic E-state index is 13.3. The summed E-state index contributed by atoms with van der Waals surface area (Å²) < 4.78 is 1.49. The van der Waals surface area contributed by atoms with Gasteiger partial charge in [-0.1, -0.05) is 59.8 Å². The van der Waals surface area contributed by atoms with E-state index in [1.54, 1.807) is 42.3 Å². The van der Waals surface area contributed by atoms with Gasteiger partial charge in [-0.25, -0.2) is 4.98 Å². The van der Waals surface area contributed by atoms with E-state index in [2.05, 4.69) is 4.98 Å². The zero-order valence-corrected chi connectivity index (χ0v) is 20.8. The minimum atomic E-state index is -0.219. The highest BCUT2D eigenvalue weighted by molar-refractivity contribution is 7.99. The second kappa shape index (κ2) is 10.3. The number of hydrogen-bond donors (Lipinski definition) is 0. The number of rotatable bonds is 7. The van der Waals surface area contributed by atoms with Crippen LogP contribution in [-0.4, -0.2) is 47.3 Å². The number of hydrogen-bond acceptors (Lipinski definition) is 5. The van der Waals surface area contributed by atoms with Crippen LogP contribution >= 0.6 is 23.4 Å². The van der Waals surface area contributed by atoms with Gasteiger partial charge in [0.15, 0.2) is 5.16 Å². The molecule has 34 heavy (non-hydrogen) atoms. The highest BCUT2D eigenvalue weighted by atomic mass is 35.5. The van der Waals surface area contributed by atoms with E-state index in [4.69, 9.17) is 11.6 Å². The summed E-state index contributed by atoms with van der Waals surface area (Å²) in [5, 5.41) is 1.36. The molecule has 0 saturated carbocycles. The number of halogens is 1. The molecule has 1 amide bonds. The van der Waals surface area contributed by atoms with Crippen LogP contribution in [0.15, 0.2) is 82.7 Å². The van der Waals surface area contributed by atoms with E-state index < -0.39 is 0 Å². The van der Waals surface area contributed by atoms with E-state index in [1.807, 2.05) is 61.5 Å². The number of carbonyl (C=O) groups excluding carboxylic acids is 1. The van der Waals surface area contributed by atoms with Gasteiger partial charge in [-0.2, -0.15) is 0 Å². The Hall–Kier alpha value is -3.29. The smallest absolute Gasteiger partial charge is 0.266 e. The third-order valence-corrected chi connectivity index (χ3v) is 6.70. The maximum Gasteiger partial charge on any atom is 0.266 e. The molecular formula is C26H25ClN4O2S. The first-order valence-electron chi connectivity index (χ1n) is 10.7. The normalized spacial score (nSPS) is 10.9. The summed E-state index contributed by atoms with van der Waals surface area (Å²) in [6.07, 6.45) is 0. The molecule has 0 saturated heterocycles. The summed E-state index contributed by atoms with van der Waals surface area (Å²) in [7, 11) is 5.76. The fourth-order valence-electron chi connectivity index (χ4n) is 3.55. The molecule has 0 N–H and O–H groups in total. The van der Waals surface area contributed by atoms with Gasteiger partial charge in [0.1, 0.15) is 0 Å². The van der Waals surface area contributed by atoms with Crippen LogP contribution < -0.4 is 10.5 Å². The molecule has 1 heterocycles. The van der Waals surface area contributed by atoms with Crippen molar-refractivity contribution in [2.24, 2.45) is 0 Å². The molecule has 3 aromatic carbocycles. The molecule has 0 spiro atoms. The van der Waals surface area contributed by atoms with Gasteiger partial charge in [0.25, 0.3) is 5.56 Å². The maximum absolute atomic E-state index is 13.3. The Morgan fingerprint density at radius 2 is 1.65 bits per heavy atom. The van der Waals surface area contributed by atoms with Gasteiger partial charge >= 0.3 is 0 Å². The number of benzene rings is 3.